The molecule has 88 valence electrons. The van der Waals surface area contributed by atoms with E-state index in [-0.39, 0.29) is 0 Å². The summed E-state index contributed by atoms with van der Waals surface area (Å²) in [6.45, 7) is 0.727. The molecule has 2 rings (SSSR count). The molecule has 1 aliphatic carbocycles. The van der Waals surface area contributed by atoms with Crippen LogP contribution in [0.3, 0.4) is 0 Å². The molecule has 0 N–H and O–H groups in total. The molecule has 0 aromatic heterocycles. The number of hydrogen-bond acceptors (Lipinski definition) is 1. The summed E-state index contributed by atoms with van der Waals surface area (Å²) in [4.78, 5) is 0. The fourth-order valence-electron chi connectivity index (χ4n) is 1.74. The van der Waals surface area contributed by atoms with Gasteiger partial charge in [0, 0.05) is 10.6 Å². The van der Waals surface area contributed by atoms with Crippen LogP contribution in [0.4, 0.5) is 0 Å². The highest BCUT2D eigenvalue weighted by molar-refractivity contribution is 6.35. The van der Waals surface area contributed by atoms with Crippen molar-refractivity contribution in [1.82, 2.24) is 0 Å². The van der Waals surface area contributed by atoms with Crippen molar-refractivity contribution in [3.63, 3.8) is 0 Å². The quantitative estimate of drug-likeness (QED) is 0.712. The lowest BCUT2D eigenvalue weighted by atomic mass is 9.86. The predicted octanol–water partition coefficient (Wildman–Crippen LogP) is 4.91. The normalized spacial score (nSPS) is 15.9. The minimum Gasteiger partial charge on any atom is -0.491 e. The van der Waals surface area contributed by atoms with Gasteiger partial charge in [-0.3, -0.25) is 0 Å². The molecule has 0 bridgehead atoms. The Hall–Kier alpha value is -0.110. The molecule has 1 saturated carbocycles. The molecule has 4 heteroatoms. The molecule has 1 aromatic rings. The molecular formula is C12H13Cl3O. The molecule has 0 unspecified atom stereocenters. The lowest BCUT2D eigenvalue weighted by Gasteiger charge is -2.26. The average Bonchev–Trinajstić information content (AvgIpc) is 2.17. The van der Waals surface area contributed by atoms with Crippen LogP contribution in [0.1, 0.15) is 24.8 Å². The van der Waals surface area contributed by atoms with Crippen LogP contribution in [-0.4, -0.2) is 6.61 Å². The van der Waals surface area contributed by atoms with Crippen molar-refractivity contribution >= 4 is 34.8 Å². The van der Waals surface area contributed by atoms with Crippen molar-refractivity contribution in [3.05, 3.63) is 27.7 Å². The van der Waals surface area contributed by atoms with Gasteiger partial charge in [0.2, 0.25) is 0 Å². The summed E-state index contributed by atoms with van der Waals surface area (Å²) in [6.07, 6.45) is 3.81. The van der Waals surface area contributed by atoms with E-state index in [1.165, 1.54) is 19.3 Å². The lowest BCUT2D eigenvalue weighted by molar-refractivity contribution is 0.180. The number of alkyl halides is 1. The van der Waals surface area contributed by atoms with Gasteiger partial charge in [-0.2, -0.15) is 0 Å². The third-order valence-electron chi connectivity index (χ3n) is 2.92. The summed E-state index contributed by atoms with van der Waals surface area (Å²) in [6, 6.07) is 3.49. The molecule has 16 heavy (non-hydrogen) atoms. The Morgan fingerprint density at radius 1 is 1.25 bits per heavy atom. The van der Waals surface area contributed by atoms with Gasteiger partial charge < -0.3 is 4.74 Å². The topological polar surface area (TPSA) is 9.23 Å². The molecule has 0 radical (unpaired) electrons. The van der Waals surface area contributed by atoms with Crippen molar-refractivity contribution in [2.45, 2.75) is 25.1 Å². The van der Waals surface area contributed by atoms with Gasteiger partial charge >= 0.3 is 0 Å². The Morgan fingerprint density at radius 2 is 2.00 bits per heavy atom. The second-order valence-electron chi connectivity index (χ2n) is 4.12. The van der Waals surface area contributed by atoms with Gasteiger partial charge in [0.05, 0.1) is 17.5 Å². The highest BCUT2D eigenvalue weighted by Crippen LogP contribution is 2.35. The largest absolute Gasteiger partial charge is 0.491 e. The van der Waals surface area contributed by atoms with E-state index >= 15 is 0 Å². The number of hydrogen-bond donors (Lipinski definition) is 0. The third kappa shape index (κ3) is 2.77. The van der Waals surface area contributed by atoms with Gasteiger partial charge in [-0.15, -0.1) is 11.6 Å². The first-order chi connectivity index (χ1) is 7.70. The Bertz CT molecular complexity index is 375. The standard InChI is InChI=1S/C12H13Cl3O/c13-6-9-4-10(14)5-11(15)12(9)16-7-8-2-1-3-8/h4-5,8H,1-3,6-7H2. The van der Waals surface area contributed by atoms with Crippen molar-refractivity contribution in [2.24, 2.45) is 5.92 Å². The smallest absolute Gasteiger partial charge is 0.142 e. The van der Waals surface area contributed by atoms with Gasteiger partial charge in [-0.05, 0) is 30.9 Å². The van der Waals surface area contributed by atoms with Crippen molar-refractivity contribution in [2.75, 3.05) is 6.61 Å². The van der Waals surface area contributed by atoms with Crippen LogP contribution >= 0.6 is 34.8 Å². The first kappa shape index (κ1) is 12.3. The molecule has 0 saturated heterocycles. The Morgan fingerprint density at radius 3 is 2.56 bits per heavy atom. The molecule has 1 nitrogen and oxygen atoms in total. The summed E-state index contributed by atoms with van der Waals surface area (Å²) in [5.74, 6) is 1.73. The predicted molar refractivity (Wildman–Crippen MR) is 68.9 cm³/mol. The molecule has 1 aromatic carbocycles. The highest BCUT2D eigenvalue weighted by Gasteiger charge is 2.19. The third-order valence-corrected chi connectivity index (χ3v) is 3.70. The average molecular weight is 280 g/mol. The zero-order valence-corrected chi connectivity index (χ0v) is 11.1. The fraction of sp³-hybridized carbons (Fsp3) is 0.500. The maximum absolute atomic E-state index is 6.09. The van der Waals surface area contributed by atoms with Crippen molar-refractivity contribution in [3.8, 4) is 5.75 Å². The van der Waals surface area contributed by atoms with Crippen LogP contribution in [0.5, 0.6) is 5.75 Å². The summed E-state index contributed by atoms with van der Waals surface area (Å²) in [5.41, 5.74) is 0.860. The highest BCUT2D eigenvalue weighted by atomic mass is 35.5. The molecule has 0 aliphatic heterocycles. The van der Waals surface area contributed by atoms with E-state index in [9.17, 15) is 0 Å². The van der Waals surface area contributed by atoms with E-state index in [2.05, 4.69) is 0 Å². The van der Waals surface area contributed by atoms with E-state index < -0.39 is 0 Å². The van der Waals surface area contributed by atoms with Crippen LogP contribution in [0.25, 0.3) is 0 Å². The summed E-state index contributed by atoms with van der Waals surface area (Å²) in [7, 11) is 0. The second-order valence-corrected chi connectivity index (χ2v) is 5.23. The van der Waals surface area contributed by atoms with Crippen LogP contribution in [-0.2, 0) is 5.88 Å². The molecule has 0 spiro atoms. The SMILES string of the molecule is ClCc1cc(Cl)cc(Cl)c1OCC1CCC1. The Labute approximate surface area is 111 Å². The van der Waals surface area contributed by atoms with Crippen molar-refractivity contribution < 1.29 is 4.74 Å². The number of rotatable bonds is 4. The maximum atomic E-state index is 6.09. The number of benzene rings is 1. The van der Waals surface area contributed by atoms with Gasteiger partial charge in [-0.25, -0.2) is 0 Å². The van der Waals surface area contributed by atoms with Gasteiger partial charge in [0.25, 0.3) is 0 Å². The first-order valence-corrected chi connectivity index (χ1v) is 6.66. The number of ether oxygens (including phenoxy) is 1. The molecule has 0 amide bonds. The monoisotopic (exact) mass is 278 g/mol. The van der Waals surface area contributed by atoms with E-state index in [4.69, 9.17) is 39.5 Å². The van der Waals surface area contributed by atoms with E-state index in [0.29, 0.717) is 27.6 Å². The summed E-state index contributed by atoms with van der Waals surface area (Å²) < 4.78 is 5.74. The van der Waals surface area contributed by atoms with Crippen LogP contribution in [0.15, 0.2) is 12.1 Å². The minimum absolute atomic E-state index is 0.361. The molecule has 0 heterocycles. The van der Waals surface area contributed by atoms with Gasteiger partial charge in [0.15, 0.2) is 0 Å². The van der Waals surface area contributed by atoms with Crippen LogP contribution in [0, 0.1) is 5.92 Å². The van der Waals surface area contributed by atoms with Crippen LogP contribution < -0.4 is 4.74 Å². The Kier molecular flexibility index (Phi) is 4.23. The van der Waals surface area contributed by atoms with Gasteiger partial charge in [-0.1, -0.05) is 29.6 Å². The zero-order chi connectivity index (χ0) is 11.5. The number of halogens is 3. The molecule has 0 atom stereocenters. The zero-order valence-electron chi connectivity index (χ0n) is 8.81. The van der Waals surface area contributed by atoms with E-state index in [1.807, 2.05) is 0 Å². The lowest BCUT2D eigenvalue weighted by Crippen LogP contribution is -2.19. The van der Waals surface area contributed by atoms with E-state index in [1.54, 1.807) is 12.1 Å². The van der Waals surface area contributed by atoms with Crippen molar-refractivity contribution in [1.29, 1.82) is 0 Å². The molecule has 1 fully saturated rings. The van der Waals surface area contributed by atoms with Crippen LogP contribution in [0.2, 0.25) is 10.0 Å². The molecular weight excluding hydrogens is 266 g/mol. The van der Waals surface area contributed by atoms with E-state index in [0.717, 1.165) is 12.2 Å². The Balaban J connectivity index is 2.10. The fourth-order valence-corrected chi connectivity index (χ4v) is 2.52. The molecule has 1 aliphatic rings. The summed E-state index contributed by atoms with van der Waals surface area (Å²) in [5, 5.41) is 1.14. The second kappa shape index (κ2) is 5.48. The first-order valence-electron chi connectivity index (χ1n) is 5.37. The van der Waals surface area contributed by atoms with Gasteiger partial charge in [0.1, 0.15) is 5.75 Å². The minimum atomic E-state index is 0.361. The summed E-state index contributed by atoms with van der Waals surface area (Å²) >= 11 is 17.8. The maximum Gasteiger partial charge on any atom is 0.142 e.